The molecule has 2 aromatic rings. The molecule has 196 valence electrons. The smallest absolute Gasteiger partial charge is 0.246 e. The number of anilines is 1. The first kappa shape index (κ1) is 25.4. The summed E-state index contributed by atoms with van der Waals surface area (Å²) in [5, 5.41) is 15.3. The summed E-state index contributed by atoms with van der Waals surface area (Å²) in [6, 6.07) is 18.0. The second-order valence-electron chi connectivity index (χ2n) is 10.4. The summed E-state index contributed by atoms with van der Waals surface area (Å²) in [5.41, 5.74) is -0.207. The van der Waals surface area contributed by atoms with Crippen LogP contribution in [0.5, 0.6) is 0 Å². The Morgan fingerprint density at radius 3 is 2.41 bits per heavy atom. The molecule has 3 saturated heterocycles. The number of nitrogens with zero attached hydrogens (tertiary/aromatic N) is 1. The van der Waals surface area contributed by atoms with E-state index in [1.807, 2.05) is 67.6 Å². The zero-order valence-corrected chi connectivity index (χ0v) is 21.2. The number of carbonyl (C=O) groups excluding carboxylic acids is 3. The fourth-order valence-corrected chi connectivity index (χ4v) is 6.67. The molecule has 3 aliphatic heterocycles. The predicted molar refractivity (Wildman–Crippen MR) is 138 cm³/mol. The third-order valence-electron chi connectivity index (χ3n) is 8.37. The molecule has 3 amide bonds. The molecule has 1 spiro atoms. The van der Waals surface area contributed by atoms with Gasteiger partial charge in [-0.3, -0.25) is 14.4 Å². The first-order chi connectivity index (χ1) is 18.0. The highest BCUT2D eigenvalue weighted by Crippen LogP contribution is 2.64. The number of benzene rings is 2. The van der Waals surface area contributed by atoms with Gasteiger partial charge in [-0.2, -0.15) is 0 Å². The Bertz CT molecular complexity index is 1140. The Hall–Kier alpha value is -3.23. The fourth-order valence-electron chi connectivity index (χ4n) is 6.67. The average Bonchev–Trinajstić information content (AvgIpc) is 3.52. The lowest BCUT2D eigenvalue weighted by Gasteiger charge is -2.34. The third kappa shape index (κ3) is 4.32. The lowest BCUT2D eigenvalue weighted by Crippen LogP contribution is -2.55. The van der Waals surface area contributed by atoms with E-state index in [0.29, 0.717) is 50.9 Å². The minimum Gasteiger partial charge on any atom is -0.396 e. The maximum atomic E-state index is 14.0. The Morgan fingerprint density at radius 2 is 1.73 bits per heavy atom. The van der Waals surface area contributed by atoms with Gasteiger partial charge in [0.2, 0.25) is 17.7 Å². The Kier molecular flexibility index (Phi) is 7.05. The summed E-state index contributed by atoms with van der Waals surface area (Å²) >= 11 is 0. The monoisotopic (exact) mass is 505 g/mol. The Morgan fingerprint density at radius 1 is 1.03 bits per heavy atom. The predicted octanol–water partition coefficient (Wildman–Crippen LogP) is 2.87. The number of rotatable bonds is 10. The number of hydrogen-bond acceptors (Lipinski definition) is 5. The molecule has 2 bridgehead atoms. The van der Waals surface area contributed by atoms with Gasteiger partial charge in [0.1, 0.15) is 11.6 Å². The molecular formula is C29H35N3O5. The standard InChI is InChI=1S/C29H35N3O5/c1-2-28-15-16-29(37-28)23(22(28)25(34)31-21-13-7-4-8-14-21)27(36)32(17-9-10-18-33)24(29)26(35)30-19-20-11-5-3-6-12-20/h3-8,11-14,22-24,33H,2,9-10,15-19H2,1H3,(H,30,35)(H,31,34)/t22-,23-,24?,28+,29?/m0/s1. The Balaban J connectivity index is 1.46. The van der Waals surface area contributed by atoms with E-state index in [0.717, 1.165) is 5.56 Å². The van der Waals surface area contributed by atoms with E-state index in [1.54, 1.807) is 4.90 Å². The number of likely N-dealkylation sites (tertiary alicyclic amines) is 1. The number of para-hydroxylation sites is 1. The maximum Gasteiger partial charge on any atom is 0.246 e. The lowest BCUT2D eigenvalue weighted by atomic mass is 9.65. The molecule has 8 nitrogen and oxygen atoms in total. The van der Waals surface area contributed by atoms with Crippen LogP contribution in [0.15, 0.2) is 60.7 Å². The zero-order valence-electron chi connectivity index (χ0n) is 21.2. The number of hydrogen-bond donors (Lipinski definition) is 3. The molecule has 0 radical (unpaired) electrons. The van der Waals surface area contributed by atoms with Crippen LogP contribution in [0.1, 0.15) is 44.6 Å². The van der Waals surface area contributed by atoms with Crippen molar-refractivity contribution in [2.75, 3.05) is 18.5 Å². The number of fused-ring (bicyclic) bond motifs is 1. The van der Waals surface area contributed by atoms with Crippen LogP contribution in [0.4, 0.5) is 5.69 Å². The van der Waals surface area contributed by atoms with Crippen molar-refractivity contribution in [2.45, 2.75) is 62.8 Å². The molecule has 2 aromatic carbocycles. The van der Waals surface area contributed by atoms with E-state index < -0.39 is 29.1 Å². The van der Waals surface area contributed by atoms with Crippen LogP contribution in [0.2, 0.25) is 0 Å². The van der Waals surface area contributed by atoms with Gasteiger partial charge in [-0.1, -0.05) is 55.5 Å². The van der Waals surface area contributed by atoms with E-state index in [9.17, 15) is 19.5 Å². The zero-order chi connectivity index (χ0) is 26.0. The normalized spacial score (nSPS) is 29.8. The molecule has 3 heterocycles. The van der Waals surface area contributed by atoms with Crippen molar-refractivity contribution < 1.29 is 24.2 Å². The molecule has 0 saturated carbocycles. The van der Waals surface area contributed by atoms with Gasteiger partial charge in [0.05, 0.1) is 17.4 Å². The minimum absolute atomic E-state index is 0.0129. The summed E-state index contributed by atoms with van der Waals surface area (Å²) in [6.07, 6.45) is 2.83. The summed E-state index contributed by atoms with van der Waals surface area (Å²) in [5.74, 6) is -2.13. The minimum atomic E-state index is -1.05. The number of nitrogens with one attached hydrogen (secondary N) is 2. The molecule has 2 unspecified atom stereocenters. The maximum absolute atomic E-state index is 14.0. The number of carbonyl (C=O) groups is 3. The van der Waals surface area contributed by atoms with E-state index in [1.165, 1.54) is 0 Å². The van der Waals surface area contributed by atoms with Crippen LogP contribution in [0.3, 0.4) is 0 Å². The molecule has 3 N–H and O–H groups in total. The molecular weight excluding hydrogens is 470 g/mol. The highest BCUT2D eigenvalue weighted by atomic mass is 16.5. The van der Waals surface area contributed by atoms with Crippen LogP contribution in [0.25, 0.3) is 0 Å². The molecule has 5 rings (SSSR count). The van der Waals surface area contributed by atoms with Crippen LogP contribution < -0.4 is 10.6 Å². The van der Waals surface area contributed by atoms with Crippen molar-refractivity contribution in [3.8, 4) is 0 Å². The molecule has 5 atom stereocenters. The molecule has 3 aliphatic rings. The van der Waals surface area contributed by atoms with Gasteiger partial charge >= 0.3 is 0 Å². The first-order valence-electron chi connectivity index (χ1n) is 13.2. The third-order valence-corrected chi connectivity index (χ3v) is 8.37. The lowest BCUT2D eigenvalue weighted by molar-refractivity contribution is -0.146. The van der Waals surface area contributed by atoms with E-state index in [-0.39, 0.29) is 24.3 Å². The topological polar surface area (TPSA) is 108 Å². The number of unbranched alkanes of at least 4 members (excludes halogenated alkanes) is 1. The molecule has 0 aromatic heterocycles. The van der Waals surface area contributed by atoms with Gasteiger partial charge in [0.15, 0.2) is 0 Å². The largest absolute Gasteiger partial charge is 0.396 e. The first-order valence-corrected chi connectivity index (χ1v) is 13.2. The summed E-state index contributed by atoms with van der Waals surface area (Å²) < 4.78 is 6.75. The molecule has 37 heavy (non-hydrogen) atoms. The van der Waals surface area contributed by atoms with E-state index in [4.69, 9.17) is 4.74 Å². The number of amides is 3. The quantitative estimate of drug-likeness (QED) is 0.431. The molecule has 0 aliphatic carbocycles. The number of aliphatic hydroxyl groups is 1. The number of aliphatic hydroxyl groups excluding tert-OH is 1. The van der Waals surface area contributed by atoms with Crippen molar-refractivity contribution in [3.63, 3.8) is 0 Å². The number of ether oxygens (including phenoxy) is 1. The van der Waals surface area contributed by atoms with Crippen molar-refractivity contribution >= 4 is 23.4 Å². The highest BCUT2D eigenvalue weighted by Gasteiger charge is 2.78. The van der Waals surface area contributed by atoms with Gasteiger partial charge in [0, 0.05) is 25.4 Å². The van der Waals surface area contributed by atoms with E-state index >= 15 is 0 Å². The summed E-state index contributed by atoms with van der Waals surface area (Å²) in [6.45, 7) is 2.67. The second kappa shape index (κ2) is 10.3. The van der Waals surface area contributed by atoms with Crippen molar-refractivity contribution in [1.29, 1.82) is 0 Å². The van der Waals surface area contributed by atoms with Gasteiger partial charge in [-0.25, -0.2) is 0 Å². The van der Waals surface area contributed by atoms with Gasteiger partial charge < -0.3 is 25.4 Å². The van der Waals surface area contributed by atoms with Crippen LogP contribution in [-0.4, -0.2) is 58.1 Å². The molecule has 3 fully saturated rings. The average molecular weight is 506 g/mol. The SMILES string of the molecule is CC[C@]12CCC3(O1)C(C(=O)NCc1ccccc1)N(CCCCO)C(=O)[C@@H]3[C@H]2C(=O)Nc1ccccc1. The molecule has 8 heteroatoms. The van der Waals surface area contributed by atoms with Crippen molar-refractivity contribution in [1.82, 2.24) is 10.2 Å². The fraction of sp³-hybridized carbons (Fsp3) is 0.483. The summed E-state index contributed by atoms with van der Waals surface area (Å²) in [7, 11) is 0. The second-order valence-corrected chi connectivity index (χ2v) is 10.4. The van der Waals surface area contributed by atoms with Gasteiger partial charge in [-0.05, 0) is 49.8 Å². The van der Waals surface area contributed by atoms with E-state index in [2.05, 4.69) is 10.6 Å². The summed E-state index contributed by atoms with van der Waals surface area (Å²) in [4.78, 5) is 43.1. The van der Waals surface area contributed by atoms with Crippen LogP contribution >= 0.6 is 0 Å². The van der Waals surface area contributed by atoms with Gasteiger partial charge in [0.25, 0.3) is 0 Å². The van der Waals surface area contributed by atoms with Crippen molar-refractivity contribution in [2.24, 2.45) is 11.8 Å². The van der Waals surface area contributed by atoms with Crippen LogP contribution in [-0.2, 0) is 25.7 Å². The Labute approximate surface area is 217 Å². The van der Waals surface area contributed by atoms with Crippen LogP contribution in [0, 0.1) is 11.8 Å². The van der Waals surface area contributed by atoms with Gasteiger partial charge in [-0.15, -0.1) is 0 Å². The highest BCUT2D eigenvalue weighted by molar-refractivity contribution is 6.02. The van der Waals surface area contributed by atoms with Crippen molar-refractivity contribution in [3.05, 3.63) is 66.2 Å².